The van der Waals surface area contributed by atoms with Crippen LogP contribution in [0.4, 0.5) is 0 Å². The molecule has 0 aromatic heterocycles. The van der Waals surface area contributed by atoms with Crippen LogP contribution in [0.1, 0.15) is 23.7 Å². The summed E-state index contributed by atoms with van der Waals surface area (Å²) in [5.41, 5.74) is 0.622. The van der Waals surface area contributed by atoms with Gasteiger partial charge in [0.15, 0.2) is 0 Å². The van der Waals surface area contributed by atoms with Crippen LogP contribution in [-0.4, -0.2) is 28.2 Å². The van der Waals surface area contributed by atoms with E-state index in [-0.39, 0.29) is 11.9 Å². The average Bonchev–Trinajstić information content (AvgIpc) is 2.26. The highest BCUT2D eigenvalue weighted by Crippen LogP contribution is 2.15. The SMILES string of the molecule is CC(CCS(C)=O)NC(=O)c1ccccc1Br. The number of hydrogen-bond acceptors (Lipinski definition) is 2. The van der Waals surface area contributed by atoms with Crippen LogP contribution in [0.3, 0.4) is 0 Å². The van der Waals surface area contributed by atoms with Crippen LogP contribution in [-0.2, 0) is 10.8 Å². The van der Waals surface area contributed by atoms with Crippen LogP contribution >= 0.6 is 15.9 Å². The molecule has 0 aliphatic carbocycles. The van der Waals surface area contributed by atoms with Crippen LogP contribution in [0.25, 0.3) is 0 Å². The first-order chi connectivity index (χ1) is 8.00. The highest BCUT2D eigenvalue weighted by molar-refractivity contribution is 9.10. The maximum absolute atomic E-state index is 11.9. The second kappa shape index (κ2) is 6.91. The number of carbonyl (C=O) groups excluding carboxylic acids is 1. The minimum atomic E-state index is -0.810. The molecule has 0 heterocycles. The molecule has 3 nitrogen and oxygen atoms in total. The Balaban J connectivity index is 2.55. The second-order valence-electron chi connectivity index (χ2n) is 3.92. The molecule has 0 aliphatic heterocycles. The first kappa shape index (κ1) is 14.4. The molecule has 94 valence electrons. The molecule has 2 atom stereocenters. The van der Waals surface area contributed by atoms with Gasteiger partial charge < -0.3 is 5.32 Å². The van der Waals surface area contributed by atoms with Gasteiger partial charge in [-0.2, -0.15) is 0 Å². The number of hydrogen-bond donors (Lipinski definition) is 1. The lowest BCUT2D eigenvalue weighted by atomic mass is 10.2. The summed E-state index contributed by atoms with van der Waals surface area (Å²) in [4.78, 5) is 11.9. The van der Waals surface area contributed by atoms with Crippen LogP contribution in [0.5, 0.6) is 0 Å². The summed E-state index contributed by atoms with van der Waals surface area (Å²) in [5.74, 6) is 0.504. The third-order valence-electron chi connectivity index (χ3n) is 2.33. The van der Waals surface area contributed by atoms with Crippen LogP contribution < -0.4 is 5.32 Å². The molecule has 0 spiro atoms. The van der Waals surface area contributed by atoms with Gasteiger partial charge in [-0.1, -0.05) is 12.1 Å². The first-order valence-electron chi connectivity index (χ1n) is 5.36. The Kier molecular flexibility index (Phi) is 5.85. The van der Waals surface area contributed by atoms with Gasteiger partial charge >= 0.3 is 0 Å². The van der Waals surface area contributed by atoms with E-state index in [1.165, 1.54) is 0 Å². The number of halogens is 1. The fraction of sp³-hybridized carbons (Fsp3) is 0.417. The minimum absolute atomic E-state index is 0.0264. The lowest BCUT2D eigenvalue weighted by Gasteiger charge is -2.13. The second-order valence-corrected chi connectivity index (χ2v) is 6.33. The van der Waals surface area contributed by atoms with E-state index in [9.17, 15) is 9.00 Å². The molecule has 1 aromatic rings. The van der Waals surface area contributed by atoms with E-state index in [2.05, 4.69) is 21.2 Å². The molecule has 0 aliphatic rings. The molecule has 1 amide bonds. The molecule has 1 rings (SSSR count). The summed E-state index contributed by atoms with van der Waals surface area (Å²) in [6.07, 6.45) is 2.39. The van der Waals surface area contributed by atoms with Crippen molar-refractivity contribution in [2.24, 2.45) is 0 Å². The van der Waals surface area contributed by atoms with Gasteiger partial charge in [-0.05, 0) is 41.4 Å². The summed E-state index contributed by atoms with van der Waals surface area (Å²) in [6.45, 7) is 1.92. The van der Waals surface area contributed by atoms with Gasteiger partial charge in [-0.25, -0.2) is 0 Å². The predicted molar refractivity (Wildman–Crippen MR) is 74.6 cm³/mol. The zero-order valence-corrected chi connectivity index (χ0v) is 12.3. The summed E-state index contributed by atoms with van der Waals surface area (Å²) in [7, 11) is -0.810. The number of benzene rings is 1. The smallest absolute Gasteiger partial charge is 0.252 e. The van der Waals surface area contributed by atoms with E-state index in [0.717, 1.165) is 10.9 Å². The van der Waals surface area contributed by atoms with Crippen LogP contribution in [0.2, 0.25) is 0 Å². The Hall–Kier alpha value is -0.680. The van der Waals surface area contributed by atoms with Crippen molar-refractivity contribution >= 4 is 32.6 Å². The lowest BCUT2D eigenvalue weighted by Crippen LogP contribution is -2.33. The normalized spacial score (nSPS) is 14.1. The quantitative estimate of drug-likeness (QED) is 0.906. The van der Waals surface area contributed by atoms with Crippen molar-refractivity contribution in [3.8, 4) is 0 Å². The molecule has 2 unspecified atom stereocenters. The van der Waals surface area contributed by atoms with Gasteiger partial charge in [0, 0.05) is 33.3 Å². The maximum atomic E-state index is 11.9. The van der Waals surface area contributed by atoms with E-state index in [4.69, 9.17) is 0 Å². The number of amides is 1. The molecule has 1 aromatic carbocycles. The van der Waals surface area contributed by atoms with Crippen molar-refractivity contribution in [1.82, 2.24) is 5.32 Å². The highest BCUT2D eigenvalue weighted by Gasteiger charge is 2.12. The van der Waals surface area contributed by atoms with Crippen molar-refractivity contribution in [2.45, 2.75) is 19.4 Å². The Bertz CT molecular complexity index is 423. The zero-order valence-electron chi connectivity index (χ0n) is 9.90. The highest BCUT2D eigenvalue weighted by atomic mass is 79.9. The monoisotopic (exact) mass is 317 g/mol. The van der Waals surface area contributed by atoms with Gasteiger partial charge in [0.2, 0.25) is 0 Å². The lowest BCUT2D eigenvalue weighted by molar-refractivity contribution is 0.0938. The Morgan fingerprint density at radius 1 is 1.47 bits per heavy atom. The Morgan fingerprint density at radius 3 is 2.71 bits per heavy atom. The van der Waals surface area contributed by atoms with Gasteiger partial charge in [0.05, 0.1) is 5.56 Å². The molecule has 5 heteroatoms. The van der Waals surface area contributed by atoms with E-state index in [1.807, 2.05) is 25.1 Å². The van der Waals surface area contributed by atoms with Gasteiger partial charge in [-0.3, -0.25) is 9.00 Å². The predicted octanol–water partition coefficient (Wildman–Crippen LogP) is 2.34. The maximum Gasteiger partial charge on any atom is 0.252 e. The fourth-order valence-electron chi connectivity index (χ4n) is 1.36. The topological polar surface area (TPSA) is 46.2 Å². The van der Waals surface area contributed by atoms with Gasteiger partial charge in [0.1, 0.15) is 0 Å². The number of rotatable bonds is 5. The molecule has 17 heavy (non-hydrogen) atoms. The number of nitrogens with one attached hydrogen (secondary N) is 1. The van der Waals surface area contributed by atoms with E-state index < -0.39 is 10.8 Å². The molecule has 0 saturated carbocycles. The fourth-order valence-corrected chi connectivity index (χ4v) is 2.51. The van der Waals surface area contributed by atoms with Crippen molar-refractivity contribution in [3.05, 3.63) is 34.3 Å². The summed E-state index contributed by atoms with van der Waals surface area (Å²) < 4.78 is 11.7. The molecule has 0 radical (unpaired) electrons. The van der Waals surface area contributed by atoms with Gasteiger partial charge in [-0.15, -0.1) is 0 Å². The molecule has 0 bridgehead atoms. The number of carbonyl (C=O) groups is 1. The Labute approximate surface area is 113 Å². The minimum Gasteiger partial charge on any atom is -0.350 e. The standard InChI is InChI=1S/C12H16BrNO2S/c1-9(7-8-17(2)16)14-12(15)10-5-3-4-6-11(10)13/h3-6,9H,7-8H2,1-2H3,(H,14,15). The third kappa shape index (κ3) is 5.00. The van der Waals surface area contributed by atoms with E-state index in [1.54, 1.807) is 12.3 Å². The van der Waals surface area contributed by atoms with Crippen molar-refractivity contribution in [1.29, 1.82) is 0 Å². The zero-order chi connectivity index (χ0) is 12.8. The van der Waals surface area contributed by atoms with E-state index in [0.29, 0.717) is 11.3 Å². The van der Waals surface area contributed by atoms with Crippen molar-refractivity contribution < 1.29 is 9.00 Å². The van der Waals surface area contributed by atoms with Crippen LogP contribution in [0, 0.1) is 0 Å². The third-order valence-corrected chi connectivity index (χ3v) is 3.84. The molecule has 0 saturated heterocycles. The molecule has 0 fully saturated rings. The summed E-state index contributed by atoms with van der Waals surface area (Å²) in [6, 6.07) is 7.32. The summed E-state index contributed by atoms with van der Waals surface area (Å²) in [5, 5.41) is 2.89. The average molecular weight is 318 g/mol. The summed E-state index contributed by atoms with van der Waals surface area (Å²) >= 11 is 3.34. The van der Waals surface area contributed by atoms with Gasteiger partial charge in [0.25, 0.3) is 5.91 Å². The molecule has 1 N–H and O–H groups in total. The van der Waals surface area contributed by atoms with Crippen LogP contribution in [0.15, 0.2) is 28.7 Å². The Morgan fingerprint density at radius 2 is 2.12 bits per heavy atom. The first-order valence-corrected chi connectivity index (χ1v) is 7.88. The molecular weight excluding hydrogens is 302 g/mol. The molecular formula is C12H16BrNO2S. The van der Waals surface area contributed by atoms with Crippen molar-refractivity contribution in [3.63, 3.8) is 0 Å². The van der Waals surface area contributed by atoms with Crippen molar-refractivity contribution in [2.75, 3.05) is 12.0 Å². The largest absolute Gasteiger partial charge is 0.350 e. The van der Waals surface area contributed by atoms with E-state index >= 15 is 0 Å².